The zero-order chi connectivity index (χ0) is 6.57. The Balaban J connectivity index is 3.10. The van der Waals surface area contributed by atoms with Crippen LogP contribution in [0.2, 0.25) is 6.04 Å². The summed E-state index contributed by atoms with van der Waals surface area (Å²) in [7, 11) is -3.03. The molecule has 0 saturated heterocycles. The van der Waals surface area contributed by atoms with Crippen molar-refractivity contribution in [1.29, 1.82) is 0 Å². The number of alkyl halides is 1. The summed E-state index contributed by atoms with van der Waals surface area (Å²) >= 11 is 5.28. The topological polar surface area (TPSA) is 0 Å². The van der Waals surface area contributed by atoms with Crippen molar-refractivity contribution in [3.8, 4) is 0 Å². The van der Waals surface area contributed by atoms with Crippen molar-refractivity contribution >= 4 is 21.1 Å². The number of hydrogen-bond donors (Lipinski definition) is 0. The van der Waals surface area contributed by atoms with E-state index >= 15 is 0 Å². The van der Waals surface area contributed by atoms with Crippen molar-refractivity contribution in [3.05, 3.63) is 0 Å². The van der Waals surface area contributed by atoms with Crippen LogP contribution in [0.3, 0.4) is 0 Å². The Labute approximate surface area is 54.8 Å². The van der Waals surface area contributed by atoms with Crippen LogP contribution in [0, 0.1) is 5.92 Å². The molecule has 0 aromatic heterocycles. The Morgan fingerprint density at radius 1 is 1.62 bits per heavy atom. The van der Waals surface area contributed by atoms with E-state index in [2.05, 4.69) is 0 Å². The van der Waals surface area contributed by atoms with Gasteiger partial charge in [0, 0.05) is 11.9 Å². The summed E-state index contributed by atoms with van der Waals surface area (Å²) in [6.07, 6.45) is 0. The summed E-state index contributed by atoms with van der Waals surface area (Å²) in [4.78, 5) is 0. The van der Waals surface area contributed by atoms with Crippen LogP contribution in [0.4, 0.5) is 8.22 Å². The van der Waals surface area contributed by atoms with Crippen LogP contribution in [0.15, 0.2) is 0 Å². The zero-order valence-corrected chi connectivity index (χ0v) is 6.38. The highest BCUT2D eigenvalue weighted by atomic mass is 35.5. The third-order valence-corrected chi connectivity index (χ3v) is 2.30. The lowest BCUT2D eigenvalue weighted by atomic mass is 10.3. The molecule has 0 rings (SSSR count). The molecule has 0 spiro atoms. The number of halogens is 3. The number of rotatable bonds is 3. The quantitative estimate of drug-likeness (QED) is 0.335. The maximum atomic E-state index is 11.5. The maximum Gasteiger partial charge on any atom is 0.477 e. The lowest BCUT2D eigenvalue weighted by molar-refractivity contribution is 0.603. The van der Waals surface area contributed by atoms with Crippen molar-refractivity contribution < 1.29 is 8.22 Å². The second kappa shape index (κ2) is 4.27. The molecule has 0 saturated carbocycles. The predicted octanol–water partition coefficient (Wildman–Crippen LogP) is 2.29. The molecule has 0 aliphatic heterocycles. The van der Waals surface area contributed by atoms with Gasteiger partial charge in [-0.15, -0.1) is 11.6 Å². The fraction of sp³-hybridized carbons (Fsp3) is 1.00. The van der Waals surface area contributed by atoms with Gasteiger partial charge in [0.05, 0.1) is 0 Å². The predicted molar refractivity (Wildman–Crippen MR) is 32.7 cm³/mol. The average Bonchev–Trinajstić information content (AvgIpc) is 1.65. The first-order chi connectivity index (χ1) is 3.66. The molecule has 0 aromatic rings. The van der Waals surface area contributed by atoms with Crippen molar-refractivity contribution in [3.63, 3.8) is 0 Å². The lowest BCUT2D eigenvalue weighted by Crippen LogP contribution is -2.05. The van der Waals surface area contributed by atoms with Gasteiger partial charge < -0.3 is 0 Å². The molecule has 1 radical (unpaired) electrons. The largest absolute Gasteiger partial charge is 0.477 e. The molecule has 1 atom stereocenters. The zero-order valence-electron chi connectivity index (χ0n) is 4.63. The smallest absolute Gasteiger partial charge is 0.268 e. The highest BCUT2D eigenvalue weighted by Gasteiger charge is 2.13. The Bertz CT molecular complexity index is 60.0. The number of hydrogen-bond acceptors (Lipinski definition) is 0. The van der Waals surface area contributed by atoms with E-state index in [1.54, 1.807) is 6.92 Å². The normalized spacial score (nSPS) is 14.6. The molecule has 49 valence electrons. The lowest BCUT2D eigenvalue weighted by Gasteiger charge is -2.00. The van der Waals surface area contributed by atoms with E-state index in [0.29, 0.717) is 5.88 Å². The van der Waals surface area contributed by atoms with Crippen LogP contribution in [0.1, 0.15) is 6.92 Å². The molecule has 1 unspecified atom stereocenters. The second-order valence-corrected chi connectivity index (χ2v) is 3.20. The van der Waals surface area contributed by atoms with Gasteiger partial charge in [-0.1, -0.05) is 6.92 Å². The van der Waals surface area contributed by atoms with Crippen LogP contribution in [-0.2, 0) is 0 Å². The first-order valence-electron chi connectivity index (χ1n) is 2.39. The Kier molecular flexibility index (Phi) is 4.46. The SMILES string of the molecule is CC(CCl)C[Si](F)F. The third-order valence-electron chi connectivity index (χ3n) is 0.766. The Hall–Kier alpha value is 0.367. The fourth-order valence-electron chi connectivity index (χ4n) is 0.318. The van der Waals surface area contributed by atoms with Crippen LogP contribution in [-0.4, -0.2) is 15.3 Å². The minimum atomic E-state index is -3.03. The van der Waals surface area contributed by atoms with Crippen LogP contribution >= 0.6 is 11.6 Å². The molecule has 0 bridgehead atoms. The van der Waals surface area contributed by atoms with Gasteiger partial charge in [0.2, 0.25) is 0 Å². The van der Waals surface area contributed by atoms with E-state index in [1.165, 1.54) is 0 Å². The Morgan fingerprint density at radius 3 is 2.25 bits per heavy atom. The van der Waals surface area contributed by atoms with Gasteiger partial charge in [-0.2, -0.15) is 0 Å². The summed E-state index contributed by atoms with van der Waals surface area (Å²) in [5.74, 6) is 0.336. The summed E-state index contributed by atoms with van der Waals surface area (Å²) in [6, 6.07) is 0.0220. The monoisotopic (exact) mass is 157 g/mol. The van der Waals surface area contributed by atoms with E-state index in [0.717, 1.165) is 0 Å². The summed E-state index contributed by atoms with van der Waals surface area (Å²) in [5, 5.41) is 0. The molecular formula is C4H8ClF2Si. The molecule has 0 heterocycles. The summed E-state index contributed by atoms with van der Waals surface area (Å²) in [5.41, 5.74) is 0. The molecule has 0 aromatic carbocycles. The van der Waals surface area contributed by atoms with Gasteiger partial charge in [-0.3, -0.25) is 8.22 Å². The molecular weight excluding hydrogens is 150 g/mol. The molecule has 8 heavy (non-hydrogen) atoms. The highest BCUT2D eigenvalue weighted by molar-refractivity contribution is 6.42. The van der Waals surface area contributed by atoms with Crippen LogP contribution < -0.4 is 0 Å². The van der Waals surface area contributed by atoms with Gasteiger partial charge in [0.15, 0.2) is 0 Å². The molecule has 0 amide bonds. The minimum absolute atomic E-state index is 0.0134. The molecule has 0 aliphatic rings. The molecule has 4 heteroatoms. The minimum Gasteiger partial charge on any atom is -0.268 e. The van der Waals surface area contributed by atoms with Gasteiger partial charge in [-0.25, -0.2) is 0 Å². The van der Waals surface area contributed by atoms with E-state index in [-0.39, 0.29) is 12.0 Å². The molecule has 0 aliphatic carbocycles. The molecule has 0 fully saturated rings. The van der Waals surface area contributed by atoms with Crippen molar-refractivity contribution in [2.24, 2.45) is 5.92 Å². The summed E-state index contributed by atoms with van der Waals surface area (Å²) in [6.45, 7) is 1.73. The first-order valence-corrected chi connectivity index (χ1v) is 4.39. The highest BCUT2D eigenvalue weighted by Crippen LogP contribution is 2.09. The molecule has 0 nitrogen and oxygen atoms in total. The van der Waals surface area contributed by atoms with Crippen molar-refractivity contribution in [2.45, 2.75) is 13.0 Å². The van der Waals surface area contributed by atoms with Crippen molar-refractivity contribution in [1.82, 2.24) is 0 Å². The van der Waals surface area contributed by atoms with Crippen molar-refractivity contribution in [2.75, 3.05) is 5.88 Å². The van der Waals surface area contributed by atoms with Crippen LogP contribution in [0.25, 0.3) is 0 Å². The average molecular weight is 158 g/mol. The van der Waals surface area contributed by atoms with E-state index in [1.807, 2.05) is 0 Å². The Morgan fingerprint density at radius 2 is 2.12 bits per heavy atom. The first kappa shape index (κ1) is 8.37. The van der Waals surface area contributed by atoms with Gasteiger partial charge >= 0.3 is 9.46 Å². The third kappa shape index (κ3) is 4.52. The molecule has 0 N–H and O–H groups in total. The summed E-state index contributed by atoms with van der Waals surface area (Å²) < 4.78 is 23.0. The van der Waals surface area contributed by atoms with Gasteiger partial charge in [0.1, 0.15) is 0 Å². The van der Waals surface area contributed by atoms with Crippen LogP contribution in [0.5, 0.6) is 0 Å². The van der Waals surface area contributed by atoms with Gasteiger partial charge in [0.25, 0.3) is 0 Å². The van der Waals surface area contributed by atoms with Gasteiger partial charge in [-0.05, 0) is 5.92 Å². The maximum absolute atomic E-state index is 11.5. The van der Waals surface area contributed by atoms with E-state index in [4.69, 9.17) is 11.6 Å². The fourth-order valence-corrected chi connectivity index (χ4v) is 1.28. The second-order valence-electron chi connectivity index (χ2n) is 1.80. The van der Waals surface area contributed by atoms with E-state index < -0.39 is 9.46 Å². The standard InChI is InChI=1S/C4H8ClF2Si/c1-4(2-5)3-8(6)7/h4H,2-3H2,1H3. The van der Waals surface area contributed by atoms with E-state index in [9.17, 15) is 8.22 Å².